The second-order valence-corrected chi connectivity index (χ2v) is 5.15. The van der Waals surface area contributed by atoms with Crippen LogP contribution in [0.15, 0.2) is 18.2 Å². The minimum Gasteiger partial charge on any atom is -0.393 e. The van der Waals surface area contributed by atoms with E-state index >= 15 is 0 Å². The fraction of sp³-hybridized carbons (Fsp3) is 0.538. The maximum atomic E-state index is 10.7. The molecule has 0 radical (unpaired) electrons. The van der Waals surface area contributed by atoms with Crippen molar-refractivity contribution in [2.45, 2.75) is 32.7 Å². The van der Waals surface area contributed by atoms with Crippen LogP contribution in [0.3, 0.4) is 0 Å². The fourth-order valence-electron chi connectivity index (χ4n) is 2.69. The van der Waals surface area contributed by atoms with Crippen LogP contribution in [0, 0.1) is 16.0 Å². The lowest BCUT2D eigenvalue weighted by Gasteiger charge is -2.29. The summed E-state index contributed by atoms with van der Waals surface area (Å²) >= 11 is 0. The zero-order chi connectivity index (χ0) is 13.3. The van der Waals surface area contributed by atoms with Crippen molar-refractivity contribution < 1.29 is 4.92 Å². The molecular formula is C13H19N3O2. The van der Waals surface area contributed by atoms with Crippen LogP contribution in [0.25, 0.3) is 0 Å². The molecular weight excluding hydrogens is 230 g/mol. The van der Waals surface area contributed by atoms with E-state index in [9.17, 15) is 10.1 Å². The van der Waals surface area contributed by atoms with Gasteiger partial charge in [-0.05, 0) is 30.9 Å². The van der Waals surface area contributed by atoms with E-state index in [2.05, 4.69) is 18.7 Å². The Morgan fingerprint density at radius 1 is 1.50 bits per heavy atom. The van der Waals surface area contributed by atoms with Crippen molar-refractivity contribution >= 4 is 17.1 Å². The topological polar surface area (TPSA) is 72.4 Å². The number of hydrogen-bond acceptors (Lipinski definition) is 4. The molecule has 1 aromatic rings. The van der Waals surface area contributed by atoms with Crippen molar-refractivity contribution in [3.05, 3.63) is 28.3 Å². The molecule has 0 bridgehead atoms. The SMILES string of the molecule is CC(C)C1CCCN1c1ccc([N+](=O)[O-])c(N)c1. The van der Waals surface area contributed by atoms with Gasteiger partial charge in [0.25, 0.3) is 5.69 Å². The molecule has 1 aliphatic rings. The minimum atomic E-state index is -0.441. The van der Waals surface area contributed by atoms with Gasteiger partial charge in [-0.25, -0.2) is 0 Å². The van der Waals surface area contributed by atoms with Gasteiger partial charge in [0.15, 0.2) is 0 Å². The van der Waals surface area contributed by atoms with Gasteiger partial charge in [0.2, 0.25) is 0 Å². The van der Waals surface area contributed by atoms with Crippen molar-refractivity contribution in [2.24, 2.45) is 5.92 Å². The number of benzene rings is 1. The van der Waals surface area contributed by atoms with Gasteiger partial charge in [-0.3, -0.25) is 10.1 Å². The van der Waals surface area contributed by atoms with Gasteiger partial charge in [-0.2, -0.15) is 0 Å². The molecule has 18 heavy (non-hydrogen) atoms. The molecule has 1 aromatic carbocycles. The lowest BCUT2D eigenvalue weighted by molar-refractivity contribution is -0.383. The third-order valence-electron chi connectivity index (χ3n) is 3.61. The van der Waals surface area contributed by atoms with Crippen molar-refractivity contribution in [3.63, 3.8) is 0 Å². The molecule has 1 saturated heterocycles. The molecule has 0 aromatic heterocycles. The highest BCUT2D eigenvalue weighted by atomic mass is 16.6. The van der Waals surface area contributed by atoms with E-state index < -0.39 is 4.92 Å². The molecule has 1 fully saturated rings. The predicted octanol–water partition coefficient (Wildman–Crippen LogP) is 2.80. The molecule has 2 rings (SSSR count). The number of nitrogen functional groups attached to an aromatic ring is 1. The number of anilines is 2. The normalized spacial score (nSPS) is 19.5. The molecule has 2 N–H and O–H groups in total. The molecule has 0 saturated carbocycles. The summed E-state index contributed by atoms with van der Waals surface area (Å²) in [6, 6.07) is 5.53. The lowest BCUT2D eigenvalue weighted by atomic mass is 10.0. The molecule has 5 heteroatoms. The summed E-state index contributed by atoms with van der Waals surface area (Å²) in [5, 5.41) is 10.7. The molecule has 0 spiro atoms. The first kappa shape index (κ1) is 12.7. The molecule has 5 nitrogen and oxygen atoms in total. The third kappa shape index (κ3) is 2.25. The summed E-state index contributed by atoms with van der Waals surface area (Å²) in [4.78, 5) is 12.6. The van der Waals surface area contributed by atoms with Crippen LogP contribution in [0.1, 0.15) is 26.7 Å². The summed E-state index contributed by atoms with van der Waals surface area (Å²) < 4.78 is 0. The van der Waals surface area contributed by atoms with Crippen LogP contribution in [-0.4, -0.2) is 17.5 Å². The number of nitrogens with two attached hydrogens (primary N) is 1. The Morgan fingerprint density at radius 2 is 2.22 bits per heavy atom. The lowest BCUT2D eigenvalue weighted by Crippen LogP contribution is -2.33. The van der Waals surface area contributed by atoms with E-state index in [0.29, 0.717) is 12.0 Å². The van der Waals surface area contributed by atoms with Crippen LogP contribution in [0.2, 0.25) is 0 Å². The number of hydrogen-bond donors (Lipinski definition) is 1. The smallest absolute Gasteiger partial charge is 0.292 e. The molecule has 1 unspecified atom stereocenters. The van der Waals surface area contributed by atoms with Gasteiger partial charge in [-0.15, -0.1) is 0 Å². The molecule has 0 aliphatic carbocycles. The predicted molar refractivity (Wildman–Crippen MR) is 72.7 cm³/mol. The minimum absolute atomic E-state index is 0.0148. The summed E-state index contributed by atoms with van der Waals surface area (Å²) in [5.41, 5.74) is 6.97. The Labute approximate surface area is 107 Å². The van der Waals surface area contributed by atoms with Gasteiger partial charge >= 0.3 is 0 Å². The summed E-state index contributed by atoms with van der Waals surface area (Å²) in [6.45, 7) is 5.41. The molecule has 98 valence electrons. The Kier molecular flexibility index (Phi) is 3.41. The molecule has 1 atom stereocenters. The van der Waals surface area contributed by atoms with Crippen molar-refractivity contribution in [2.75, 3.05) is 17.2 Å². The molecule has 1 heterocycles. The average molecular weight is 249 g/mol. The highest BCUT2D eigenvalue weighted by Gasteiger charge is 2.28. The second-order valence-electron chi connectivity index (χ2n) is 5.15. The number of nitrogens with zero attached hydrogens (tertiary/aromatic N) is 2. The van der Waals surface area contributed by atoms with Crippen LogP contribution in [0.5, 0.6) is 0 Å². The van der Waals surface area contributed by atoms with Crippen molar-refractivity contribution in [1.82, 2.24) is 0 Å². The van der Waals surface area contributed by atoms with Crippen LogP contribution >= 0.6 is 0 Å². The first-order valence-corrected chi connectivity index (χ1v) is 6.31. The van der Waals surface area contributed by atoms with Gasteiger partial charge in [0.05, 0.1) is 4.92 Å². The number of nitro benzene ring substituents is 1. The van der Waals surface area contributed by atoms with Gasteiger partial charge in [0, 0.05) is 24.3 Å². The number of nitro groups is 1. The fourth-order valence-corrected chi connectivity index (χ4v) is 2.69. The van der Waals surface area contributed by atoms with E-state index in [1.54, 1.807) is 12.1 Å². The highest BCUT2D eigenvalue weighted by Crippen LogP contribution is 2.33. The quantitative estimate of drug-likeness (QED) is 0.508. The van der Waals surface area contributed by atoms with Crippen LogP contribution in [-0.2, 0) is 0 Å². The highest BCUT2D eigenvalue weighted by molar-refractivity contribution is 5.67. The Morgan fingerprint density at radius 3 is 2.78 bits per heavy atom. The zero-order valence-corrected chi connectivity index (χ0v) is 10.8. The molecule has 1 aliphatic heterocycles. The first-order chi connectivity index (χ1) is 8.50. The second kappa shape index (κ2) is 4.84. The van der Waals surface area contributed by atoms with Gasteiger partial charge < -0.3 is 10.6 Å². The van der Waals surface area contributed by atoms with E-state index in [1.165, 1.54) is 18.9 Å². The maximum absolute atomic E-state index is 10.7. The van der Waals surface area contributed by atoms with Gasteiger partial charge in [-0.1, -0.05) is 13.8 Å². The van der Waals surface area contributed by atoms with Crippen molar-refractivity contribution in [1.29, 1.82) is 0 Å². The number of rotatable bonds is 3. The Hall–Kier alpha value is -1.78. The third-order valence-corrected chi connectivity index (χ3v) is 3.61. The monoisotopic (exact) mass is 249 g/mol. The Bertz CT molecular complexity index is 460. The summed E-state index contributed by atoms with van der Waals surface area (Å²) in [7, 11) is 0. The zero-order valence-electron chi connectivity index (χ0n) is 10.8. The summed E-state index contributed by atoms with van der Waals surface area (Å²) in [5.74, 6) is 0.573. The average Bonchev–Trinajstić information content (AvgIpc) is 2.77. The van der Waals surface area contributed by atoms with Crippen molar-refractivity contribution in [3.8, 4) is 0 Å². The van der Waals surface area contributed by atoms with Gasteiger partial charge in [0.1, 0.15) is 5.69 Å². The van der Waals surface area contributed by atoms with Crippen LogP contribution < -0.4 is 10.6 Å². The van der Waals surface area contributed by atoms with E-state index in [0.717, 1.165) is 12.2 Å². The summed E-state index contributed by atoms with van der Waals surface area (Å²) in [6.07, 6.45) is 2.34. The van der Waals surface area contributed by atoms with E-state index in [4.69, 9.17) is 5.73 Å². The van der Waals surface area contributed by atoms with Crippen LogP contribution in [0.4, 0.5) is 17.1 Å². The van der Waals surface area contributed by atoms with E-state index in [1.807, 2.05) is 0 Å². The largest absolute Gasteiger partial charge is 0.393 e. The molecule has 0 amide bonds. The standard InChI is InChI=1S/C13H19N3O2/c1-9(2)12-4-3-7-15(12)10-5-6-13(16(17)18)11(14)8-10/h5-6,8-9,12H,3-4,7,14H2,1-2H3. The van der Waals surface area contributed by atoms with E-state index in [-0.39, 0.29) is 11.4 Å². The maximum Gasteiger partial charge on any atom is 0.292 e. The first-order valence-electron chi connectivity index (χ1n) is 6.31. The Balaban J connectivity index is 2.29.